The smallest absolute Gasteiger partial charge is 0.256 e. The van der Waals surface area contributed by atoms with Crippen molar-refractivity contribution in [3.8, 4) is 12.3 Å². The zero-order valence-electron chi connectivity index (χ0n) is 5.45. The molecule has 1 N–H and O–H groups in total. The minimum atomic E-state index is -1.39. The summed E-state index contributed by atoms with van der Waals surface area (Å²) in [4.78, 5) is 10.8. The summed E-state index contributed by atoms with van der Waals surface area (Å²) in [5, 5.41) is 2.33. The predicted molar refractivity (Wildman–Crippen MR) is 42.0 cm³/mol. The molecule has 0 unspecified atom stereocenters. The molecule has 0 fully saturated rings. The molecule has 0 heterocycles. The molecule has 0 aromatic carbocycles. The number of amides is 1. The van der Waals surface area contributed by atoms with Crippen LogP contribution in [0.3, 0.4) is 0 Å². The molecular weight excluding hydrogens is 173 g/mol. The van der Waals surface area contributed by atoms with Gasteiger partial charge in [-0.25, -0.2) is 0 Å². The highest BCUT2D eigenvalue weighted by Crippen LogP contribution is 2.18. The maximum atomic E-state index is 10.8. The lowest BCUT2D eigenvalue weighted by Gasteiger charge is -2.10. The molecule has 0 aromatic rings. The second-order valence-corrected chi connectivity index (χ2v) is 3.48. The zero-order valence-corrected chi connectivity index (χ0v) is 6.96. The van der Waals surface area contributed by atoms with E-state index >= 15 is 0 Å². The molecule has 0 aliphatic heterocycles. The van der Waals surface area contributed by atoms with Crippen LogP contribution in [0.5, 0.6) is 0 Å². The number of terminal acetylenes is 1. The average molecular weight is 180 g/mol. The predicted octanol–water partition coefficient (Wildman–Crippen LogP) is 0.930. The van der Waals surface area contributed by atoms with Crippen LogP contribution in [0, 0.1) is 12.3 Å². The van der Waals surface area contributed by atoms with E-state index in [9.17, 15) is 4.79 Å². The van der Waals surface area contributed by atoms with Crippen molar-refractivity contribution in [3.05, 3.63) is 0 Å². The lowest BCUT2D eigenvalue weighted by Crippen LogP contribution is -2.36. The summed E-state index contributed by atoms with van der Waals surface area (Å²) in [6, 6.07) is 0. The minimum Gasteiger partial charge on any atom is -0.343 e. The first-order chi connectivity index (χ1) is 4.48. The van der Waals surface area contributed by atoms with E-state index < -0.39 is 10.2 Å². The van der Waals surface area contributed by atoms with Gasteiger partial charge in [0.15, 0.2) is 4.33 Å². The van der Waals surface area contributed by atoms with Crippen LogP contribution in [-0.4, -0.2) is 16.8 Å². The Morgan fingerprint density at radius 1 is 1.80 bits per heavy atom. The molecule has 0 atom stereocenters. The number of rotatable bonds is 2. The third kappa shape index (κ3) is 3.60. The van der Waals surface area contributed by atoms with Gasteiger partial charge in [0.25, 0.3) is 5.91 Å². The Hall–Kier alpha value is -0.390. The molecule has 0 saturated heterocycles. The van der Waals surface area contributed by atoms with Gasteiger partial charge in [-0.2, -0.15) is 0 Å². The molecule has 0 aliphatic rings. The van der Waals surface area contributed by atoms with Gasteiger partial charge in [-0.05, 0) is 6.92 Å². The Bertz CT molecular complexity index is 166. The van der Waals surface area contributed by atoms with Gasteiger partial charge in [0.2, 0.25) is 0 Å². The van der Waals surface area contributed by atoms with Gasteiger partial charge in [0.05, 0.1) is 6.54 Å². The summed E-state index contributed by atoms with van der Waals surface area (Å²) in [7, 11) is 0. The van der Waals surface area contributed by atoms with E-state index in [2.05, 4.69) is 11.2 Å². The number of alkyl halides is 2. The van der Waals surface area contributed by atoms with E-state index in [4.69, 9.17) is 29.6 Å². The molecule has 1 amide bonds. The van der Waals surface area contributed by atoms with E-state index in [1.165, 1.54) is 6.92 Å². The third-order valence-corrected chi connectivity index (χ3v) is 1.09. The second kappa shape index (κ2) is 3.70. The van der Waals surface area contributed by atoms with Crippen LogP contribution >= 0.6 is 23.2 Å². The van der Waals surface area contributed by atoms with Gasteiger partial charge in [0.1, 0.15) is 0 Å². The lowest BCUT2D eigenvalue weighted by atomic mass is 10.4. The van der Waals surface area contributed by atoms with Crippen LogP contribution in [0.1, 0.15) is 6.92 Å². The minimum absolute atomic E-state index is 0.147. The Morgan fingerprint density at radius 2 is 2.30 bits per heavy atom. The highest BCUT2D eigenvalue weighted by molar-refractivity contribution is 6.57. The van der Waals surface area contributed by atoms with Crippen LogP contribution in [0.2, 0.25) is 0 Å². The molecule has 0 radical (unpaired) electrons. The molecule has 56 valence electrons. The summed E-state index contributed by atoms with van der Waals surface area (Å²) >= 11 is 10.8. The standard InChI is InChI=1S/C6H7Cl2NO/c1-3-4-9-5(10)6(2,7)8/h1H,4H2,2H3,(H,9,10). The average Bonchev–Trinajstić information content (AvgIpc) is 1.80. The van der Waals surface area contributed by atoms with Crippen molar-refractivity contribution < 1.29 is 4.79 Å². The van der Waals surface area contributed by atoms with Gasteiger partial charge in [-0.1, -0.05) is 29.1 Å². The van der Waals surface area contributed by atoms with Gasteiger partial charge in [-0.3, -0.25) is 4.79 Å². The Kier molecular flexibility index (Phi) is 3.55. The highest BCUT2D eigenvalue weighted by atomic mass is 35.5. The quantitative estimate of drug-likeness (QED) is 0.497. The van der Waals surface area contributed by atoms with Gasteiger partial charge >= 0.3 is 0 Å². The highest BCUT2D eigenvalue weighted by Gasteiger charge is 2.26. The van der Waals surface area contributed by atoms with Crippen molar-refractivity contribution in [2.75, 3.05) is 6.54 Å². The van der Waals surface area contributed by atoms with Crippen molar-refractivity contribution in [2.45, 2.75) is 11.3 Å². The fourth-order valence-corrected chi connectivity index (χ4v) is 0.420. The fraction of sp³-hybridized carbons (Fsp3) is 0.500. The van der Waals surface area contributed by atoms with Crippen LogP contribution in [0.15, 0.2) is 0 Å². The van der Waals surface area contributed by atoms with Crippen molar-refractivity contribution in [3.63, 3.8) is 0 Å². The Labute approximate surface area is 69.9 Å². The fourth-order valence-electron chi connectivity index (χ4n) is 0.287. The summed E-state index contributed by atoms with van der Waals surface area (Å²) in [5.41, 5.74) is 0. The van der Waals surface area contributed by atoms with Crippen molar-refractivity contribution >= 4 is 29.1 Å². The first-order valence-corrected chi connectivity index (χ1v) is 3.33. The lowest BCUT2D eigenvalue weighted by molar-refractivity contribution is -0.121. The van der Waals surface area contributed by atoms with E-state index in [-0.39, 0.29) is 6.54 Å². The molecule has 0 rings (SSSR count). The van der Waals surface area contributed by atoms with Crippen molar-refractivity contribution in [1.82, 2.24) is 5.32 Å². The number of carbonyl (C=O) groups is 1. The largest absolute Gasteiger partial charge is 0.343 e. The first-order valence-electron chi connectivity index (χ1n) is 2.58. The molecule has 0 spiro atoms. The van der Waals surface area contributed by atoms with Crippen LogP contribution < -0.4 is 5.32 Å². The van der Waals surface area contributed by atoms with E-state index in [1.54, 1.807) is 0 Å². The van der Waals surface area contributed by atoms with Gasteiger partial charge in [0, 0.05) is 0 Å². The number of nitrogens with one attached hydrogen (secondary N) is 1. The Morgan fingerprint density at radius 3 is 2.60 bits per heavy atom. The molecule has 0 aliphatic carbocycles. The van der Waals surface area contributed by atoms with Crippen molar-refractivity contribution in [2.24, 2.45) is 0 Å². The zero-order chi connectivity index (χ0) is 8.20. The monoisotopic (exact) mass is 179 g/mol. The van der Waals surface area contributed by atoms with Crippen LogP contribution in [0.4, 0.5) is 0 Å². The maximum Gasteiger partial charge on any atom is 0.256 e. The molecule has 2 nitrogen and oxygen atoms in total. The normalized spacial score (nSPS) is 10.2. The van der Waals surface area contributed by atoms with Crippen LogP contribution in [-0.2, 0) is 4.79 Å². The van der Waals surface area contributed by atoms with Gasteiger partial charge < -0.3 is 5.32 Å². The molecule has 0 saturated carbocycles. The first kappa shape index (κ1) is 9.61. The molecule has 10 heavy (non-hydrogen) atoms. The third-order valence-electron chi connectivity index (χ3n) is 0.750. The molecular formula is C6H7Cl2NO. The molecule has 0 aromatic heterocycles. The molecule has 0 bridgehead atoms. The van der Waals surface area contributed by atoms with E-state index in [0.29, 0.717) is 0 Å². The van der Waals surface area contributed by atoms with Crippen LogP contribution in [0.25, 0.3) is 0 Å². The number of halogens is 2. The van der Waals surface area contributed by atoms with E-state index in [0.717, 1.165) is 0 Å². The summed E-state index contributed by atoms with van der Waals surface area (Å²) in [6.45, 7) is 1.52. The number of carbonyl (C=O) groups excluding carboxylic acids is 1. The van der Waals surface area contributed by atoms with Gasteiger partial charge in [-0.15, -0.1) is 6.42 Å². The summed E-state index contributed by atoms with van der Waals surface area (Å²) in [5.74, 6) is 1.74. The van der Waals surface area contributed by atoms with E-state index in [1.807, 2.05) is 0 Å². The maximum absolute atomic E-state index is 10.8. The second-order valence-electron chi connectivity index (χ2n) is 1.78. The topological polar surface area (TPSA) is 29.1 Å². The Balaban J connectivity index is 3.78. The number of hydrogen-bond donors (Lipinski definition) is 1. The summed E-state index contributed by atoms with van der Waals surface area (Å²) < 4.78 is -1.39. The number of hydrogen-bond acceptors (Lipinski definition) is 1. The van der Waals surface area contributed by atoms with Crippen molar-refractivity contribution in [1.29, 1.82) is 0 Å². The SMILES string of the molecule is C#CCNC(=O)C(C)(Cl)Cl. The molecule has 4 heteroatoms. The summed E-state index contributed by atoms with van der Waals surface area (Å²) in [6.07, 6.45) is 4.87.